The number of rotatable bonds is 8. The zero-order valence-electron chi connectivity index (χ0n) is 16.4. The van der Waals surface area contributed by atoms with Gasteiger partial charge in [-0.15, -0.1) is 0 Å². The first-order chi connectivity index (χ1) is 15.0. The highest BCUT2D eigenvalue weighted by Gasteiger charge is 2.33. The first-order valence-corrected chi connectivity index (χ1v) is 11.4. The summed E-state index contributed by atoms with van der Waals surface area (Å²) in [7, 11) is 0. The Morgan fingerprint density at radius 1 is 0.871 bits per heavy atom. The van der Waals surface area contributed by atoms with Crippen LogP contribution in [0.4, 0.5) is 19.0 Å². The third-order valence-corrected chi connectivity index (χ3v) is 6.40. The quantitative estimate of drug-likeness (QED) is 0.218. The SMILES string of the molecule is FC(F)(F)c1ccccc1-c1ccc(SNCCCNc2nsc3ccccc23)cc1. The molecule has 3 aromatic carbocycles. The number of alkyl halides is 3. The first-order valence-electron chi connectivity index (χ1n) is 9.77. The lowest BCUT2D eigenvalue weighted by Crippen LogP contribution is -2.11. The summed E-state index contributed by atoms with van der Waals surface area (Å²) in [6.07, 6.45) is -3.46. The van der Waals surface area contributed by atoms with Crippen LogP contribution in [0, 0.1) is 0 Å². The first kappa shape index (κ1) is 21.7. The van der Waals surface area contributed by atoms with Crippen molar-refractivity contribution in [2.75, 3.05) is 18.4 Å². The molecule has 31 heavy (non-hydrogen) atoms. The smallest absolute Gasteiger partial charge is 0.369 e. The van der Waals surface area contributed by atoms with Crippen LogP contribution in [0.3, 0.4) is 0 Å². The van der Waals surface area contributed by atoms with Gasteiger partial charge in [0.05, 0.1) is 10.3 Å². The van der Waals surface area contributed by atoms with Gasteiger partial charge in [0.1, 0.15) is 5.82 Å². The van der Waals surface area contributed by atoms with Crippen molar-refractivity contribution in [3.05, 3.63) is 78.4 Å². The Morgan fingerprint density at radius 3 is 2.42 bits per heavy atom. The summed E-state index contributed by atoms with van der Waals surface area (Å²) in [5, 5.41) is 4.51. The second-order valence-corrected chi connectivity index (χ2v) is 8.64. The van der Waals surface area contributed by atoms with Crippen LogP contribution >= 0.6 is 23.5 Å². The number of halogens is 3. The molecule has 1 aromatic heterocycles. The number of hydrogen-bond acceptors (Lipinski definition) is 5. The molecule has 0 saturated carbocycles. The van der Waals surface area contributed by atoms with E-state index >= 15 is 0 Å². The van der Waals surface area contributed by atoms with Gasteiger partial charge in [0.25, 0.3) is 0 Å². The van der Waals surface area contributed by atoms with E-state index in [0.29, 0.717) is 5.56 Å². The number of nitrogens with one attached hydrogen (secondary N) is 2. The standard InChI is InChI=1S/C23H20F3N3S2/c24-23(25,26)20-8-3-1-6-18(20)16-10-12-17(13-11-16)30-28-15-5-14-27-22-19-7-2-4-9-21(19)31-29-22/h1-4,6-13,28H,5,14-15H2,(H,27,29). The highest BCUT2D eigenvalue weighted by atomic mass is 32.2. The minimum atomic E-state index is -4.37. The lowest BCUT2D eigenvalue weighted by Gasteiger charge is -2.13. The normalized spacial score (nSPS) is 11.7. The minimum absolute atomic E-state index is 0.195. The van der Waals surface area contributed by atoms with E-state index in [1.807, 2.05) is 24.3 Å². The fourth-order valence-corrected chi connectivity index (χ4v) is 4.64. The van der Waals surface area contributed by atoms with E-state index < -0.39 is 11.7 Å². The van der Waals surface area contributed by atoms with Gasteiger partial charge in [-0.3, -0.25) is 4.72 Å². The van der Waals surface area contributed by atoms with Crippen molar-refractivity contribution in [3.63, 3.8) is 0 Å². The molecule has 0 spiro atoms. The molecule has 0 aliphatic carbocycles. The summed E-state index contributed by atoms with van der Waals surface area (Å²) in [6, 6.07) is 20.9. The molecule has 0 atom stereocenters. The predicted octanol–water partition coefficient (Wildman–Crippen LogP) is 7.08. The molecule has 0 bridgehead atoms. The lowest BCUT2D eigenvalue weighted by molar-refractivity contribution is -0.137. The highest BCUT2D eigenvalue weighted by molar-refractivity contribution is 7.97. The van der Waals surface area contributed by atoms with Crippen LogP contribution in [0.25, 0.3) is 21.2 Å². The van der Waals surface area contributed by atoms with Gasteiger partial charge in [-0.05, 0) is 71.4 Å². The van der Waals surface area contributed by atoms with E-state index in [1.54, 1.807) is 18.2 Å². The fourth-order valence-electron chi connectivity index (χ4n) is 3.20. The van der Waals surface area contributed by atoms with Gasteiger partial charge in [-0.2, -0.15) is 17.5 Å². The molecule has 160 valence electrons. The highest BCUT2D eigenvalue weighted by Crippen LogP contribution is 2.37. The monoisotopic (exact) mass is 459 g/mol. The Hall–Kier alpha value is -2.55. The van der Waals surface area contributed by atoms with Gasteiger partial charge in [0.2, 0.25) is 0 Å². The second-order valence-electron chi connectivity index (χ2n) is 6.87. The number of fused-ring (bicyclic) bond motifs is 1. The van der Waals surface area contributed by atoms with Gasteiger partial charge >= 0.3 is 6.18 Å². The Labute approximate surface area is 187 Å². The summed E-state index contributed by atoms with van der Waals surface area (Å²) in [5.41, 5.74) is 0.131. The van der Waals surface area contributed by atoms with Crippen molar-refractivity contribution in [3.8, 4) is 11.1 Å². The predicted molar refractivity (Wildman–Crippen MR) is 123 cm³/mol. The maximum absolute atomic E-state index is 13.2. The molecule has 0 radical (unpaired) electrons. The van der Waals surface area contributed by atoms with Crippen molar-refractivity contribution in [1.82, 2.24) is 9.10 Å². The summed E-state index contributed by atoms with van der Waals surface area (Å²) in [6.45, 7) is 1.59. The van der Waals surface area contributed by atoms with Crippen LogP contribution in [-0.2, 0) is 6.18 Å². The van der Waals surface area contributed by atoms with Crippen LogP contribution in [0.1, 0.15) is 12.0 Å². The molecular formula is C23H20F3N3S2. The van der Waals surface area contributed by atoms with Crippen molar-refractivity contribution in [1.29, 1.82) is 0 Å². The van der Waals surface area contributed by atoms with E-state index in [0.717, 1.165) is 41.7 Å². The zero-order valence-corrected chi connectivity index (χ0v) is 18.1. The van der Waals surface area contributed by atoms with Crippen LogP contribution in [0.5, 0.6) is 0 Å². The lowest BCUT2D eigenvalue weighted by atomic mass is 9.99. The Morgan fingerprint density at radius 2 is 1.61 bits per heavy atom. The van der Waals surface area contributed by atoms with Crippen LogP contribution in [0.15, 0.2) is 77.7 Å². The number of anilines is 1. The number of hydrogen-bond donors (Lipinski definition) is 2. The summed E-state index contributed by atoms with van der Waals surface area (Å²) in [4.78, 5) is 0.951. The second kappa shape index (κ2) is 9.72. The van der Waals surface area contributed by atoms with Gasteiger partial charge < -0.3 is 5.32 Å². The summed E-state index contributed by atoms with van der Waals surface area (Å²) >= 11 is 2.96. The van der Waals surface area contributed by atoms with E-state index in [-0.39, 0.29) is 5.56 Å². The molecule has 0 saturated heterocycles. The van der Waals surface area contributed by atoms with Gasteiger partial charge in [0.15, 0.2) is 0 Å². The fraction of sp³-hybridized carbons (Fsp3) is 0.174. The Kier molecular flexibility index (Phi) is 6.80. The summed E-state index contributed by atoms with van der Waals surface area (Å²) in [5.74, 6) is 0.919. The number of aromatic nitrogens is 1. The molecule has 8 heteroatoms. The molecule has 3 nitrogen and oxygen atoms in total. The van der Waals surface area contributed by atoms with Crippen LogP contribution < -0.4 is 10.0 Å². The molecule has 2 N–H and O–H groups in total. The van der Waals surface area contributed by atoms with E-state index in [4.69, 9.17) is 0 Å². The Balaban J connectivity index is 1.25. The number of benzene rings is 3. The maximum Gasteiger partial charge on any atom is 0.417 e. The topological polar surface area (TPSA) is 37.0 Å². The van der Waals surface area contributed by atoms with Crippen LogP contribution in [0.2, 0.25) is 0 Å². The van der Waals surface area contributed by atoms with E-state index in [2.05, 4.69) is 26.5 Å². The minimum Gasteiger partial charge on any atom is -0.369 e. The molecule has 0 amide bonds. The maximum atomic E-state index is 13.2. The van der Waals surface area contributed by atoms with Crippen molar-refractivity contribution in [2.45, 2.75) is 17.5 Å². The molecular weight excluding hydrogens is 439 g/mol. The number of nitrogens with zero attached hydrogens (tertiary/aromatic N) is 1. The largest absolute Gasteiger partial charge is 0.417 e. The molecule has 4 aromatic rings. The molecule has 1 heterocycles. The molecule has 0 fully saturated rings. The van der Waals surface area contributed by atoms with Gasteiger partial charge in [-0.1, -0.05) is 42.5 Å². The Bertz CT molecular complexity index is 1140. The summed E-state index contributed by atoms with van der Waals surface area (Å²) < 4.78 is 48.6. The van der Waals surface area contributed by atoms with Gasteiger partial charge in [0, 0.05) is 23.4 Å². The van der Waals surface area contributed by atoms with Crippen molar-refractivity contribution >= 4 is 39.4 Å². The third-order valence-electron chi connectivity index (χ3n) is 4.71. The van der Waals surface area contributed by atoms with Crippen LogP contribution in [-0.4, -0.2) is 17.5 Å². The van der Waals surface area contributed by atoms with Crippen molar-refractivity contribution in [2.24, 2.45) is 0 Å². The average molecular weight is 460 g/mol. The van der Waals surface area contributed by atoms with E-state index in [9.17, 15) is 13.2 Å². The average Bonchev–Trinajstić information content (AvgIpc) is 3.19. The third kappa shape index (κ3) is 5.39. The van der Waals surface area contributed by atoms with Gasteiger partial charge in [-0.25, -0.2) is 0 Å². The van der Waals surface area contributed by atoms with Crippen molar-refractivity contribution < 1.29 is 13.2 Å². The molecule has 0 aliphatic heterocycles. The zero-order chi connectivity index (χ0) is 21.7. The molecule has 0 aliphatic rings. The van der Waals surface area contributed by atoms with E-state index in [1.165, 1.54) is 40.3 Å². The molecule has 4 rings (SSSR count). The molecule has 0 unspecified atom stereocenters.